The van der Waals surface area contributed by atoms with Gasteiger partial charge in [-0.1, -0.05) is 0 Å². The van der Waals surface area contributed by atoms with Gasteiger partial charge in [0.05, 0.1) is 5.56 Å². The van der Waals surface area contributed by atoms with Gasteiger partial charge in [-0.05, 0) is 30.9 Å². The van der Waals surface area contributed by atoms with Crippen molar-refractivity contribution in [3.05, 3.63) is 23.9 Å². The van der Waals surface area contributed by atoms with E-state index < -0.39 is 11.7 Å². The third kappa shape index (κ3) is 3.60. The molecule has 0 aliphatic carbocycles. The lowest BCUT2D eigenvalue weighted by Crippen LogP contribution is -2.11. The van der Waals surface area contributed by atoms with Gasteiger partial charge in [-0.15, -0.1) is 0 Å². The van der Waals surface area contributed by atoms with Gasteiger partial charge in [-0.2, -0.15) is 13.2 Å². The van der Waals surface area contributed by atoms with Crippen LogP contribution in [0.5, 0.6) is 0 Å². The molecule has 18 heavy (non-hydrogen) atoms. The van der Waals surface area contributed by atoms with Gasteiger partial charge in [0, 0.05) is 26.0 Å². The van der Waals surface area contributed by atoms with Crippen molar-refractivity contribution in [3.8, 4) is 0 Å². The quantitative estimate of drug-likeness (QED) is 0.903. The van der Waals surface area contributed by atoms with Crippen LogP contribution in [0, 0.1) is 5.92 Å². The van der Waals surface area contributed by atoms with Crippen LogP contribution in [0.3, 0.4) is 0 Å². The zero-order chi connectivity index (χ0) is 13.0. The predicted octanol–water partition coefficient (Wildman–Crippen LogP) is 2.94. The Morgan fingerprint density at radius 3 is 2.78 bits per heavy atom. The Morgan fingerprint density at radius 2 is 2.22 bits per heavy atom. The smallest absolute Gasteiger partial charge is 0.381 e. The van der Waals surface area contributed by atoms with Gasteiger partial charge in [0.1, 0.15) is 5.82 Å². The number of pyridine rings is 1. The normalized spacial score (nSPS) is 20.1. The largest absolute Gasteiger partial charge is 0.417 e. The Kier molecular flexibility index (Phi) is 4.06. The van der Waals surface area contributed by atoms with Crippen LogP contribution in [0.1, 0.15) is 18.4 Å². The number of hydrogen-bond donors (Lipinski definition) is 1. The molecule has 2 rings (SSSR count). The highest BCUT2D eigenvalue weighted by molar-refractivity contribution is 5.35. The van der Waals surface area contributed by atoms with Crippen LogP contribution >= 0.6 is 0 Å². The minimum absolute atomic E-state index is 0.474. The molecule has 1 aromatic heterocycles. The summed E-state index contributed by atoms with van der Waals surface area (Å²) in [4.78, 5) is 3.75. The summed E-state index contributed by atoms with van der Waals surface area (Å²) in [6.07, 6.45) is -1.47. The summed E-state index contributed by atoms with van der Waals surface area (Å²) in [5.74, 6) is 1.02. The second-order valence-corrected chi connectivity index (χ2v) is 4.37. The van der Waals surface area contributed by atoms with Crippen LogP contribution in [0.15, 0.2) is 18.3 Å². The summed E-state index contributed by atoms with van der Waals surface area (Å²) in [5.41, 5.74) is -0.725. The zero-order valence-corrected chi connectivity index (χ0v) is 9.83. The van der Waals surface area contributed by atoms with Gasteiger partial charge in [0.25, 0.3) is 0 Å². The Balaban J connectivity index is 1.79. The van der Waals surface area contributed by atoms with Gasteiger partial charge in [-0.3, -0.25) is 0 Å². The molecule has 1 saturated heterocycles. The fourth-order valence-corrected chi connectivity index (χ4v) is 1.88. The molecule has 0 amide bonds. The summed E-state index contributed by atoms with van der Waals surface area (Å²) in [6, 6.07) is 2.39. The van der Waals surface area contributed by atoms with E-state index in [-0.39, 0.29) is 0 Å². The summed E-state index contributed by atoms with van der Waals surface area (Å²) in [6.45, 7) is 2.29. The minimum Gasteiger partial charge on any atom is -0.381 e. The van der Waals surface area contributed by atoms with Crippen LogP contribution in [0.2, 0.25) is 0 Å². The van der Waals surface area contributed by atoms with E-state index in [0.29, 0.717) is 18.3 Å². The number of rotatable bonds is 4. The SMILES string of the molecule is FC(F)(F)c1ccc(NCCC2CCOC2)nc1. The van der Waals surface area contributed by atoms with E-state index in [1.54, 1.807) is 0 Å². The summed E-state index contributed by atoms with van der Waals surface area (Å²) in [7, 11) is 0. The number of alkyl halides is 3. The minimum atomic E-state index is -4.33. The molecular weight excluding hydrogens is 245 g/mol. The maximum Gasteiger partial charge on any atom is 0.417 e. The van der Waals surface area contributed by atoms with Crippen LogP contribution < -0.4 is 5.32 Å². The maximum atomic E-state index is 12.3. The van der Waals surface area contributed by atoms with Crippen molar-refractivity contribution in [2.75, 3.05) is 25.1 Å². The van der Waals surface area contributed by atoms with Crippen molar-refractivity contribution in [2.45, 2.75) is 19.0 Å². The van der Waals surface area contributed by atoms with Gasteiger partial charge in [0.2, 0.25) is 0 Å². The average molecular weight is 260 g/mol. The van der Waals surface area contributed by atoms with Crippen LogP contribution in [-0.2, 0) is 10.9 Å². The molecule has 2 heterocycles. The van der Waals surface area contributed by atoms with Crippen LogP contribution in [0.25, 0.3) is 0 Å². The Hall–Kier alpha value is -1.30. The van der Waals surface area contributed by atoms with Crippen molar-refractivity contribution >= 4 is 5.82 Å². The molecule has 100 valence electrons. The van der Waals surface area contributed by atoms with Gasteiger partial charge in [0.15, 0.2) is 0 Å². The van der Waals surface area contributed by atoms with Gasteiger partial charge in [-0.25, -0.2) is 4.98 Å². The first-order valence-corrected chi connectivity index (χ1v) is 5.90. The number of ether oxygens (including phenoxy) is 1. The summed E-state index contributed by atoms with van der Waals surface area (Å²) in [5, 5.41) is 3.02. The number of hydrogen-bond acceptors (Lipinski definition) is 3. The third-order valence-corrected chi connectivity index (χ3v) is 2.97. The van der Waals surface area contributed by atoms with E-state index in [0.717, 1.165) is 38.3 Å². The molecular formula is C12H15F3N2O. The molecule has 1 fully saturated rings. The predicted molar refractivity (Wildman–Crippen MR) is 61.3 cm³/mol. The maximum absolute atomic E-state index is 12.3. The molecule has 0 aromatic carbocycles. The molecule has 1 N–H and O–H groups in total. The highest BCUT2D eigenvalue weighted by Gasteiger charge is 2.30. The summed E-state index contributed by atoms with van der Waals surface area (Å²) >= 11 is 0. The van der Waals surface area contributed by atoms with Crippen LogP contribution in [0.4, 0.5) is 19.0 Å². The number of halogens is 3. The van der Waals surface area contributed by atoms with Crippen molar-refractivity contribution in [1.29, 1.82) is 0 Å². The van der Waals surface area contributed by atoms with Gasteiger partial charge >= 0.3 is 6.18 Å². The van der Waals surface area contributed by atoms with Gasteiger partial charge < -0.3 is 10.1 Å². The molecule has 0 radical (unpaired) electrons. The van der Waals surface area contributed by atoms with E-state index in [4.69, 9.17) is 4.74 Å². The molecule has 1 atom stereocenters. The fraction of sp³-hybridized carbons (Fsp3) is 0.583. The lowest BCUT2D eigenvalue weighted by molar-refractivity contribution is -0.137. The topological polar surface area (TPSA) is 34.1 Å². The van der Waals surface area contributed by atoms with Crippen molar-refractivity contribution in [1.82, 2.24) is 4.98 Å². The molecule has 1 aromatic rings. The molecule has 0 spiro atoms. The van der Waals surface area contributed by atoms with E-state index in [9.17, 15) is 13.2 Å². The van der Waals surface area contributed by atoms with E-state index in [1.165, 1.54) is 6.07 Å². The lowest BCUT2D eigenvalue weighted by Gasteiger charge is -2.10. The number of anilines is 1. The molecule has 0 bridgehead atoms. The molecule has 1 unspecified atom stereocenters. The molecule has 3 nitrogen and oxygen atoms in total. The third-order valence-electron chi connectivity index (χ3n) is 2.97. The van der Waals surface area contributed by atoms with Crippen molar-refractivity contribution < 1.29 is 17.9 Å². The number of nitrogens with zero attached hydrogens (tertiary/aromatic N) is 1. The van der Waals surface area contributed by atoms with E-state index in [1.807, 2.05) is 0 Å². The fourth-order valence-electron chi connectivity index (χ4n) is 1.88. The summed E-state index contributed by atoms with van der Waals surface area (Å²) < 4.78 is 42.1. The molecule has 1 aliphatic heterocycles. The average Bonchev–Trinajstić information content (AvgIpc) is 2.82. The number of aromatic nitrogens is 1. The second kappa shape index (κ2) is 5.56. The van der Waals surface area contributed by atoms with Crippen molar-refractivity contribution in [2.24, 2.45) is 5.92 Å². The zero-order valence-electron chi connectivity index (χ0n) is 9.83. The first-order chi connectivity index (χ1) is 8.55. The molecule has 1 aliphatic rings. The van der Waals surface area contributed by atoms with E-state index >= 15 is 0 Å². The second-order valence-electron chi connectivity index (χ2n) is 4.37. The number of nitrogens with one attached hydrogen (secondary N) is 1. The monoisotopic (exact) mass is 260 g/mol. The lowest BCUT2D eigenvalue weighted by atomic mass is 10.1. The highest BCUT2D eigenvalue weighted by atomic mass is 19.4. The highest BCUT2D eigenvalue weighted by Crippen LogP contribution is 2.28. The Labute approximate surface area is 103 Å². The van der Waals surface area contributed by atoms with E-state index in [2.05, 4.69) is 10.3 Å². The Bertz CT molecular complexity index is 372. The van der Waals surface area contributed by atoms with Crippen molar-refractivity contribution in [3.63, 3.8) is 0 Å². The molecule has 6 heteroatoms. The first kappa shape index (κ1) is 13.1. The first-order valence-electron chi connectivity index (χ1n) is 5.90. The van der Waals surface area contributed by atoms with Crippen LogP contribution in [-0.4, -0.2) is 24.7 Å². The Morgan fingerprint density at radius 1 is 1.39 bits per heavy atom. The standard InChI is InChI=1S/C12H15F3N2O/c13-12(14,15)10-1-2-11(17-7-10)16-5-3-9-4-6-18-8-9/h1-2,7,9H,3-6,8H2,(H,16,17). The molecule has 0 saturated carbocycles.